The molecule has 6 N–H and O–H groups in total. The monoisotopic (exact) mass is 192 g/mol. The lowest BCUT2D eigenvalue weighted by atomic mass is 9.91. The molecule has 0 spiro atoms. The van der Waals surface area contributed by atoms with Gasteiger partial charge in [0.2, 0.25) is 0 Å². The van der Waals surface area contributed by atoms with Crippen LogP contribution in [0.4, 0.5) is 0 Å². The van der Waals surface area contributed by atoms with Crippen molar-refractivity contribution in [3.63, 3.8) is 0 Å². The molecule has 0 aliphatic carbocycles. The van der Waals surface area contributed by atoms with E-state index < -0.39 is 30.3 Å². The van der Waals surface area contributed by atoms with E-state index in [0.29, 0.717) is 0 Å². The Morgan fingerprint density at radius 2 is 2.23 bits per heavy atom. The molecular formula is C6H12N2O5. The number of hydrogen-bond donors (Lipinski definition) is 5. The summed E-state index contributed by atoms with van der Waals surface area (Å²) in [6, 6.07) is 0. The molecule has 1 rings (SSSR count). The first-order valence-corrected chi connectivity index (χ1v) is 3.69. The third-order valence-electron chi connectivity index (χ3n) is 1.99. The van der Waals surface area contributed by atoms with Crippen LogP contribution in [0.25, 0.3) is 0 Å². The zero-order valence-electron chi connectivity index (χ0n) is 6.80. The molecule has 0 unspecified atom stereocenters. The largest absolute Gasteiger partial charge is 0.388 e. The summed E-state index contributed by atoms with van der Waals surface area (Å²) >= 11 is 0. The minimum Gasteiger partial charge on any atom is -0.388 e. The molecule has 7 heteroatoms. The van der Waals surface area contributed by atoms with E-state index in [0.717, 1.165) is 0 Å². The van der Waals surface area contributed by atoms with Crippen LogP contribution in [0.1, 0.15) is 0 Å². The zero-order chi connectivity index (χ0) is 10.1. The van der Waals surface area contributed by atoms with Gasteiger partial charge in [0.05, 0.1) is 13.2 Å². The van der Waals surface area contributed by atoms with Gasteiger partial charge in [0.1, 0.15) is 12.2 Å². The van der Waals surface area contributed by atoms with Crippen molar-refractivity contribution in [2.75, 3.05) is 13.2 Å². The zero-order valence-corrected chi connectivity index (χ0v) is 6.80. The number of hydrazine groups is 1. The van der Waals surface area contributed by atoms with Crippen LogP contribution in [0.2, 0.25) is 0 Å². The molecule has 1 amide bonds. The molecule has 1 heterocycles. The fourth-order valence-corrected chi connectivity index (χ4v) is 1.15. The SMILES string of the molecule is NNC(=O)[C@]1(O)COC[C@@H](O)[C@@H]1O. The third-order valence-corrected chi connectivity index (χ3v) is 1.99. The van der Waals surface area contributed by atoms with Gasteiger partial charge in [-0.25, -0.2) is 5.84 Å². The molecule has 1 fully saturated rings. The molecule has 0 aromatic heterocycles. The normalized spacial score (nSPS) is 40.0. The van der Waals surface area contributed by atoms with Gasteiger partial charge in [-0.05, 0) is 0 Å². The van der Waals surface area contributed by atoms with Crippen molar-refractivity contribution in [2.24, 2.45) is 5.84 Å². The van der Waals surface area contributed by atoms with Gasteiger partial charge in [-0.1, -0.05) is 0 Å². The molecule has 1 aliphatic heterocycles. The highest BCUT2D eigenvalue weighted by molar-refractivity contribution is 5.85. The minimum atomic E-state index is -2.17. The number of carbonyl (C=O) groups is 1. The Kier molecular flexibility index (Phi) is 2.84. The Balaban J connectivity index is 2.80. The number of ether oxygens (including phenoxy) is 1. The Hall–Kier alpha value is -0.730. The van der Waals surface area contributed by atoms with E-state index in [2.05, 4.69) is 0 Å². The molecule has 13 heavy (non-hydrogen) atoms. The van der Waals surface area contributed by atoms with Gasteiger partial charge >= 0.3 is 0 Å². The van der Waals surface area contributed by atoms with Gasteiger partial charge in [0.25, 0.3) is 5.91 Å². The van der Waals surface area contributed by atoms with Crippen LogP contribution in [0.5, 0.6) is 0 Å². The summed E-state index contributed by atoms with van der Waals surface area (Å²) in [6.45, 7) is -0.518. The Bertz CT molecular complexity index is 211. The van der Waals surface area contributed by atoms with Gasteiger partial charge < -0.3 is 20.1 Å². The Morgan fingerprint density at radius 1 is 1.62 bits per heavy atom. The van der Waals surface area contributed by atoms with Crippen molar-refractivity contribution in [2.45, 2.75) is 17.8 Å². The number of carbonyl (C=O) groups excluding carboxylic acids is 1. The van der Waals surface area contributed by atoms with Crippen molar-refractivity contribution in [1.82, 2.24) is 5.43 Å². The summed E-state index contributed by atoms with van der Waals surface area (Å²) in [5.41, 5.74) is -0.488. The van der Waals surface area contributed by atoms with E-state index in [1.807, 2.05) is 0 Å². The first-order valence-electron chi connectivity index (χ1n) is 3.69. The van der Waals surface area contributed by atoms with Crippen molar-refractivity contribution < 1.29 is 24.9 Å². The fraction of sp³-hybridized carbons (Fsp3) is 0.833. The predicted molar refractivity (Wildman–Crippen MR) is 40.1 cm³/mol. The molecule has 0 aromatic rings. The summed E-state index contributed by atoms with van der Waals surface area (Å²) in [6.07, 6.45) is -2.89. The Labute approximate surface area is 74.1 Å². The molecule has 0 bridgehead atoms. The Morgan fingerprint density at radius 3 is 2.77 bits per heavy atom. The number of rotatable bonds is 1. The van der Waals surface area contributed by atoms with E-state index in [-0.39, 0.29) is 6.61 Å². The number of amides is 1. The highest BCUT2D eigenvalue weighted by Gasteiger charge is 2.49. The van der Waals surface area contributed by atoms with E-state index in [9.17, 15) is 15.0 Å². The van der Waals surface area contributed by atoms with E-state index in [4.69, 9.17) is 15.7 Å². The van der Waals surface area contributed by atoms with Crippen LogP contribution in [-0.2, 0) is 9.53 Å². The fourth-order valence-electron chi connectivity index (χ4n) is 1.15. The summed E-state index contributed by atoms with van der Waals surface area (Å²) in [5.74, 6) is 3.80. The maximum Gasteiger partial charge on any atom is 0.271 e. The second kappa shape index (κ2) is 3.56. The van der Waals surface area contributed by atoms with Gasteiger partial charge in [-0.3, -0.25) is 10.2 Å². The first kappa shape index (κ1) is 10.4. The van der Waals surface area contributed by atoms with Gasteiger partial charge in [0, 0.05) is 0 Å². The number of hydrogen-bond acceptors (Lipinski definition) is 6. The second-order valence-electron chi connectivity index (χ2n) is 2.93. The summed E-state index contributed by atoms with van der Waals surface area (Å²) in [5, 5.41) is 28.0. The highest BCUT2D eigenvalue weighted by atomic mass is 16.5. The summed E-state index contributed by atoms with van der Waals surface area (Å²) in [4.78, 5) is 11.0. The smallest absolute Gasteiger partial charge is 0.271 e. The van der Waals surface area contributed by atoms with Crippen LogP contribution >= 0.6 is 0 Å². The number of aliphatic hydroxyl groups excluding tert-OH is 2. The molecule has 7 nitrogen and oxygen atoms in total. The van der Waals surface area contributed by atoms with Crippen LogP contribution in [0.15, 0.2) is 0 Å². The van der Waals surface area contributed by atoms with E-state index in [1.54, 1.807) is 5.43 Å². The molecule has 1 saturated heterocycles. The van der Waals surface area contributed by atoms with Crippen LogP contribution in [0, 0.1) is 0 Å². The number of nitrogens with two attached hydrogens (primary N) is 1. The third kappa shape index (κ3) is 1.64. The summed E-state index contributed by atoms with van der Waals surface area (Å²) < 4.78 is 4.71. The molecule has 3 atom stereocenters. The number of aliphatic hydroxyl groups is 3. The molecule has 0 radical (unpaired) electrons. The lowest BCUT2D eigenvalue weighted by Gasteiger charge is -2.37. The molecule has 0 saturated carbocycles. The van der Waals surface area contributed by atoms with Gasteiger partial charge in [-0.2, -0.15) is 0 Å². The standard InChI is InChI=1S/C6H12N2O5/c7-8-5(11)6(12)2-13-1-3(9)4(6)10/h3-4,9-10,12H,1-2,7H2,(H,8,11)/t3-,4+,6+/m1/s1. The van der Waals surface area contributed by atoms with Gasteiger partial charge in [-0.15, -0.1) is 0 Å². The minimum absolute atomic E-state index is 0.124. The summed E-state index contributed by atoms with van der Waals surface area (Å²) in [7, 11) is 0. The van der Waals surface area contributed by atoms with Gasteiger partial charge in [0.15, 0.2) is 5.60 Å². The number of nitrogens with one attached hydrogen (secondary N) is 1. The maximum atomic E-state index is 11.0. The quantitative estimate of drug-likeness (QED) is 0.166. The van der Waals surface area contributed by atoms with Crippen molar-refractivity contribution in [3.8, 4) is 0 Å². The highest BCUT2D eigenvalue weighted by Crippen LogP contribution is 2.20. The van der Waals surface area contributed by atoms with Crippen LogP contribution in [-0.4, -0.2) is 52.2 Å². The van der Waals surface area contributed by atoms with E-state index in [1.165, 1.54) is 0 Å². The maximum absolute atomic E-state index is 11.0. The average molecular weight is 192 g/mol. The van der Waals surface area contributed by atoms with Crippen LogP contribution in [0.3, 0.4) is 0 Å². The topological polar surface area (TPSA) is 125 Å². The average Bonchev–Trinajstić information content (AvgIpc) is 2.13. The lowest BCUT2D eigenvalue weighted by molar-refractivity contribution is -0.208. The molecular weight excluding hydrogens is 180 g/mol. The molecule has 1 aliphatic rings. The van der Waals surface area contributed by atoms with Crippen LogP contribution < -0.4 is 11.3 Å². The second-order valence-corrected chi connectivity index (χ2v) is 2.93. The van der Waals surface area contributed by atoms with E-state index >= 15 is 0 Å². The van der Waals surface area contributed by atoms with Crippen molar-refractivity contribution in [3.05, 3.63) is 0 Å². The van der Waals surface area contributed by atoms with Crippen molar-refractivity contribution in [1.29, 1.82) is 0 Å². The molecule has 76 valence electrons. The lowest BCUT2D eigenvalue weighted by Crippen LogP contribution is -2.65. The predicted octanol–water partition coefficient (Wildman–Crippen LogP) is -3.54. The molecule has 0 aromatic carbocycles. The first-order chi connectivity index (χ1) is 6.02. The van der Waals surface area contributed by atoms with Crippen molar-refractivity contribution >= 4 is 5.91 Å².